The monoisotopic (exact) mass is 308 g/mol. The molecule has 0 atom stereocenters. The third-order valence-electron chi connectivity index (χ3n) is 3.60. The first-order chi connectivity index (χ1) is 11.1. The Hall–Kier alpha value is -2.95. The second-order valence-electron chi connectivity index (χ2n) is 5.29. The van der Waals surface area contributed by atoms with E-state index in [0.717, 1.165) is 11.1 Å². The van der Waals surface area contributed by atoms with Crippen LogP contribution in [0.5, 0.6) is 0 Å². The average molecular weight is 308 g/mol. The number of benzene rings is 2. The molecule has 23 heavy (non-hydrogen) atoms. The summed E-state index contributed by atoms with van der Waals surface area (Å²) < 4.78 is 6.47. The number of hydrogen-bond acceptors (Lipinski definition) is 4. The van der Waals surface area contributed by atoms with E-state index in [1.807, 2.05) is 43.3 Å². The highest BCUT2D eigenvalue weighted by molar-refractivity contribution is 5.80. The van der Waals surface area contributed by atoms with Crippen LogP contribution in [0.15, 0.2) is 59.7 Å². The zero-order valence-corrected chi connectivity index (χ0v) is 12.7. The summed E-state index contributed by atoms with van der Waals surface area (Å²) in [5.74, 6) is -0.468. The summed E-state index contributed by atoms with van der Waals surface area (Å²) in [6, 6.07) is 14.8. The number of ether oxygens (including phenoxy) is 1. The van der Waals surface area contributed by atoms with Gasteiger partial charge in [0.1, 0.15) is 13.2 Å². The molecule has 116 valence electrons. The number of aryl methyl sites for hydroxylation is 1. The predicted molar refractivity (Wildman–Crippen MR) is 87.0 cm³/mol. The molecular weight excluding hydrogens is 292 g/mol. The zero-order chi connectivity index (χ0) is 16.2. The molecule has 0 fully saturated rings. The Bertz CT molecular complexity index is 901. The fourth-order valence-corrected chi connectivity index (χ4v) is 2.37. The van der Waals surface area contributed by atoms with Gasteiger partial charge < -0.3 is 4.74 Å². The van der Waals surface area contributed by atoms with E-state index < -0.39 is 5.97 Å². The van der Waals surface area contributed by atoms with Gasteiger partial charge in [-0.3, -0.25) is 14.2 Å². The van der Waals surface area contributed by atoms with E-state index >= 15 is 0 Å². The number of hydrogen-bond donors (Lipinski definition) is 0. The van der Waals surface area contributed by atoms with Crippen LogP contribution in [-0.4, -0.2) is 15.5 Å². The summed E-state index contributed by atoms with van der Waals surface area (Å²) in [7, 11) is 0. The van der Waals surface area contributed by atoms with Gasteiger partial charge in [-0.15, -0.1) is 0 Å². The summed E-state index contributed by atoms with van der Waals surface area (Å²) in [6.45, 7) is 1.93. The molecule has 0 saturated heterocycles. The topological polar surface area (TPSA) is 61.2 Å². The maximum absolute atomic E-state index is 12.4. The van der Waals surface area contributed by atoms with Crippen molar-refractivity contribution < 1.29 is 9.53 Å². The molecule has 1 aromatic heterocycles. The van der Waals surface area contributed by atoms with Crippen molar-refractivity contribution in [3.05, 3.63) is 76.3 Å². The van der Waals surface area contributed by atoms with E-state index in [0.29, 0.717) is 10.9 Å². The number of fused-ring (bicyclic) bond motifs is 1. The van der Waals surface area contributed by atoms with E-state index in [2.05, 4.69) is 4.98 Å². The van der Waals surface area contributed by atoms with Crippen LogP contribution in [0.25, 0.3) is 10.9 Å². The van der Waals surface area contributed by atoms with E-state index in [-0.39, 0.29) is 18.7 Å². The molecule has 0 spiro atoms. The van der Waals surface area contributed by atoms with Crippen LogP contribution in [0.3, 0.4) is 0 Å². The molecular formula is C18H16N2O3. The van der Waals surface area contributed by atoms with E-state index in [1.165, 1.54) is 10.9 Å². The summed E-state index contributed by atoms with van der Waals surface area (Å²) in [5.41, 5.74) is 2.25. The normalized spacial score (nSPS) is 10.7. The molecule has 0 aliphatic carbocycles. The maximum Gasteiger partial charge on any atom is 0.326 e. The van der Waals surface area contributed by atoms with Crippen molar-refractivity contribution >= 4 is 16.9 Å². The number of carbonyl (C=O) groups is 1. The molecule has 0 saturated carbocycles. The molecule has 5 heteroatoms. The van der Waals surface area contributed by atoms with Gasteiger partial charge in [0.05, 0.1) is 17.2 Å². The molecule has 0 N–H and O–H groups in total. The Morgan fingerprint density at radius 3 is 2.70 bits per heavy atom. The number of rotatable bonds is 4. The highest BCUT2D eigenvalue weighted by Crippen LogP contribution is 2.11. The first-order valence-corrected chi connectivity index (χ1v) is 7.29. The van der Waals surface area contributed by atoms with Crippen molar-refractivity contribution in [3.63, 3.8) is 0 Å². The molecule has 3 aromatic rings. The van der Waals surface area contributed by atoms with Crippen molar-refractivity contribution in [3.8, 4) is 0 Å². The van der Waals surface area contributed by atoms with Crippen LogP contribution in [0.1, 0.15) is 11.1 Å². The lowest BCUT2D eigenvalue weighted by molar-refractivity contribution is -0.145. The fourth-order valence-electron chi connectivity index (χ4n) is 2.37. The SMILES string of the molecule is Cc1cccc2c(=O)n(CC(=O)OCc3ccccc3)cnc12. The van der Waals surface area contributed by atoms with Gasteiger partial charge in [-0.2, -0.15) is 0 Å². The van der Waals surface area contributed by atoms with Crippen molar-refractivity contribution in [2.24, 2.45) is 0 Å². The van der Waals surface area contributed by atoms with Gasteiger partial charge in [0.2, 0.25) is 0 Å². The van der Waals surface area contributed by atoms with Crippen molar-refractivity contribution in [2.75, 3.05) is 0 Å². The van der Waals surface area contributed by atoms with Crippen molar-refractivity contribution in [1.82, 2.24) is 9.55 Å². The van der Waals surface area contributed by atoms with Gasteiger partial charge in [0, 0.05) is 0 Å². The molecule has 5 nitrogen and oxygen atoms in total. The Kier molecular flexibility index (Phi) is 4.19. The van der Waals surface area contributed by atoms with Crippen LogP contribution in [0.4, 0.5) is 0 Å². The quantitative estimate of drug-likeness (QED) is 0.695. The Balaban J connectivity index is 1.75. The average Bonchev–Trinajstić information content (AvgIpc) is 2.57. The molecule has 3 rings (SSSR count). The number of para-hydroxylation sites is 1. The van der Waals surface area contributed by atoms with Crippen LogP contribution in [0.2, 0.25) is 0 Å². The lowest BCUT2D eigenvalue weighted by Gasteiger charge is -2.08. The van der Waals surface area contributed by atoms with Gasteiger partial charge >= 0.3 is 5.97 Å². The molecule has 0 amide bonds. The molecule has 0 radical (unpaired) electrons. The first-order valence-electron chi connectivity index (χ1n) is 7.29. The second kappa shape index (κ2) is 6.44. The lowest BCUT2D eigenvalue weighted by atomic mass is 10.1. The predicted octanol–water partition coefficient (Wildman–Crippen LogP) is 2.45. The Labute approximate surface area is 133 Å². The summed E-state index contributed by atoms with van der Waals surface area (Å²) in [6.07, 6.45) is 1.39. The van der Waals surface area contributed by atoms with Crippen molar-refractivity contribution in [2.45, 2.75) is 20.1 Å². The Morgan fingerprint density at radius 2 is 1.91 bits per heavy atom. The highest BCUT2D eigenvalue weighted by Gasteiger charge is 2.10. The zero-order valence-electron chi connectivity index (χ0n) is 12.7. The lowest BCUT2D eigenvalue weighted by Crippen LogP contribution is -2.25. The van der Waals surface area contributed by atoms with Gasteiger partial charge in [-0.1, -0.05) is 42.5 Å². The van der Waals surface area contributed by atoms with E-state index in [4.69, 9.17) is 4.74 Å². The van der Waals surface area contributed by atoms with Crippen LogP contribution < -0.4 is 5.56 Å². The highest BCUT2D eigenvalue weighted by atomic mass is 16.5. The Morgan fingerprint density at radius 1 is 1.13 bits per heavy atom. The number of nitrogens with zero attached hydrogens (tertiary/aromatic N) is 2. The van der Waals surface area contributed by atoms with Crippen LogP contribution in [0, 0.1) is 6.92 Å². The molecule has 0 aliphatic rings. The minimum Gasteiger partial charge on any atom is -0.459 e. The summed E-state index contributed by atoms with van der Waals surface area (Å²) >= 11 is 0. The van der Waals surface area contributed by atoms with E-state index in [1.54, 1.807) is 12.1 Å². The third kappa shape index (κ3) is 3.29. The van der Waals surface area contributed by atoms with Crippen LogP contribution in [-0.2, 0) is 22.7 Å². The summed E-state index contributed by atoms with van der Waals surface area (Å²) in [4.78, 5) is 28.6. The number of esters is 1. The molecule has 2 aromatic carbocycles. The molecule has 0 bridgehead atoms. The second-order valence-corrected chi connectivity index (χ2v) is 5.29. The third-order valence-corrected chi connectivity index (χ3v) is 3.60. The molecule has 0 aliphatic heterocycles. The summed E-state index contributed by atoms with van der Waals surface area (Å²) in [5, 5.41) is 0.503. The van der Waals surface area contributed by atoms with Crippen molar-refractivity contribution in [1.29, 1.82) is 0 Å². The smallest absolute Gasteiger partial charge is 0.326 e. The first kappa shape index (κ1) is 15.0. The van der Waals surface area contributed by atoms with E-state index in [9.17, 15) is 9.59 Å². The molecule has 1 heterocycles. The van der Waals surface area contributed by atoms with Gasteiger partial charge in [0.25, 0.3) is 5.56 Å². The maximum atomic E-state index is 12.4. The largest absolute Gasteiger partial charge is 0.459 e. The van der Waals surface area contributed by atoms with Gasteiger partial charge in [-0.05, 0) is 24.1 Å². The number of aromatic nitrogens is 2. The standard InChI is InChI=1S/C18H16N2O3/c1-13-6-5-9-15-17(13)19-12-20(18(15)22)10-16(21)23-11-14-7-3-2-4-8-14/h2-9,12H,10-11H2,1H3. The minimum absolute atomic E-state index is 0.150. The van der Waals surface area contributed by atoms with Gasteiger partial charge in [0.15, 0.2) is 0 Å². The minimum atomic E-state index is -0.468. The van der Waals surface area contributed by atoms with Crippen LogP contribution >= 0.6 is 0 Å². The fraction of sp³-hybridized carbons (Fsp3) is 0.167. The molecule has 0 unspecified atom stereocenters. The van der Waals surface area contributed by atoms with Gasteiger partial charge in [-0.25, -0.2) is 4.98 Å². The number of carbonyl (C=O) groups excluding carboxylic acids is 1.